The second-order valence-corrected chi connectivity index (χ2v) is 6.27. The van der Waals surface area contributed by atoms with Gasteiger partial charge in [-0.2, -0.15) is 0 Å². The smallest absolute Gasteiger partial charge is 0.414 e. The summed E-state index contributed by atoms with van der Waals surface area (Å²) in [6.07, 6.45) is 3.34. The van der Waals surface area contributed by atoms with Gasteiger partial charge in [-0.3, -0.25) is 4.90 Å². The first-order valence-corrected chi connectivity index (χ1v) is 9.57. The molecule has 0 fully saturated rings. The summed E-state index contributed by atoms with van der Waals surface area (Å²) >= 11 is 0. The summed E-state index contributed by atoms with van der Waals surface area (Å²) in [5.74, 6) is -2.38. The molecule has 1 aromatic rings. The van der Waals surface area contributed by atoms with E-state index in [2.05, 4.69) is 4.90 Å². The molecule has 0 aliphatic rings. The van der Waals surface area contributed by atoms with Crippen LogP contribution in [0.15, 0.2) is 24.3 Å². The Morgan fingerprint density at radius 2 is 1.61 bits per heavy atom. The van der Waals surface area contributed by atoms with Crippen molar-refractivity contribution in [2.24, 2.45) is 0 Å². The predicted octanol–water partition coefficient (Wildman–Crippen LogP) is 1.22. The van der Waals surface area contributed by atoms with E-state index in [1.165, 1.54) is 0 Å². The van der Waals surface area contributed by atoms with E-state index in [-0.39, 0.29) is 6.61 Å². The second kappa shape index (κ2) is 17.1. The van der Waals surface area contributed by atoms with Gasteiger partial charge in [0.25, 0.3) is 0 Å². The molecule has 0 aliphatic heterocycles. The minimum absolute atomic E-state index is 0.190. The molecule has 0 radical (unpaired) electrons. The molecule has 0 aliphatic carbocycles. The zero-order chi connectivity index (χ0) is 23.6. The summed E-state index contributed by atoms with van der Waals surface area (Å²) < 4.78 is 21.3. The summed E-state index contributed by atoms with van der Waals surface area (Å²) in [4.78, 5) is 20.3. The lowest BCUT2D eigenvalue weighted by Crippen LogP contribution is -2.39. The number of aliphatic carboxylic acids is 2. The Labute approximate surface area is 182 Å². The highest BCUT2D eigenvalue weighted by atomic mass is 16.5. The van der Waals surface area contributed by atoms with Crippen molar-refractivity contribution in [3.05, 3.63) is 29.8 Å². The number of hydrogen-bond donors (Lipinski definition) is 3. The number of carboxylic acids is 2. The molecule has 0 heterocycles. The number of methoxy groups -OCH3 is 3. The van der Waals surface area contributed by atoms with Gasteiger partial charge >= 0.3 is 11.9 Å². The van der Waals surface area contributed by atoms with Gasteiger partial charge in [-0.25, -0.2) is 9.59 Å². The van der Waals surface area contributed by atoms with Gasteiger partial charge in [0.1, 0.15) is 12.7 Å². The molecule has 0 aromatic heterocycles. The first kappa shape index (κ1) is 28.3. The summed E-state index contributed by atoms with van der Waals surface area (Å²) in [6, 6.07) is 5.72. The van der Waals surface area contributed by atoms with Crippen LogP contribution < -0.4 is 9.47 Å². The molecule has 0 saturated carbocycles. The Hall–Kier alpha value is -2.66. The molecule has 1 unspecified atom stereocenters. The quantitative estimate of drug-likeness (QED) is 0.382. The van der Waals surface area contributed by atoms with Crippen molar-refractivity contribution in [1.29, 1.82) is 0 Å². The van der Waals surface area contributed by atoms with Crippen molar-refractivity contribution in [2.75, 3.05) is 60.8 Å². The fraction of sp³-hybridized carbons (Fsp3) is 0.524. The Balaban J connectivity index is 0.00000131. The SMILES string of the molecule is CC=Cc1ccc(OCC(O)CN(CCOC)CCOC)c(OC)c1.O=C(O)C(=O)O. The van der Waals surface area contributed by atoms with Crippen molar-refractivity contribution in [3.8, 4) is 11.5 Å². The third-order valence-electron chi connectivity index (χ3n) is 3.85. The van der Waals surface area contributed by atoms with E-state index in [0.29, 0.717) is 31.3 Å². The first-order chi connectivity index (χ1) is 14.8. The van der Waals surface area contributed by atoms with E-state index >= 15 is 0 Å². The fourth-order valence-corrected chi connectivity index (χ4v) is 2.37. The van der Waals surface area contributed by atoms with Gasteiger partial charge in [-0.1, -0.05) is 18.2 Å². The van der Waals surface area contributed by atoms with Crippen LogP contribution in [0.1, 0.15) is 12.5 Å². The highest BCUT2D eigenvalue weighted by molar-refractivity contribution is 6.27. The minimum atomic E-state index is -1.82. The summed E-state index contributed by atoms with van der Waals surface area (Å²) in [6.45, 7) is 5.33. The van der Waals surface area contributed by atoms with Crippen molar-refractivity contribution in [2.45, 2.75) is 13.0 Å². The van der Waals surface area contributed by atoms with Crippen LogP contribution in [0.3, 0.4) is 0 Å². The van der Waals surface area contributed by atoms with E-state index < -0.39 is 18.0 Å². The third kappa shape index (κ3) is 13.3. The molecular formula is C21H33NO9. The van der Waals surface area contributed by atoms with Gasteiger partial charge in [0, 0.05) is 33.9 Å². The standard InChI is InChI=1S/C19H31NO5.C2H2O4/c1-5-6-16-7-8-18(19(13-16)24-4)25-15-17(21)14-20(9-11-22-2)10-12-23-3;3-1(4)2(5)6/h5-8,13,17,21H,9-12,14-15H2,1-4H3;(H,3,4)(H,5,6). The van der Waals surface area contributed by atoms with E-state index in [4.69, 9.17) is 38.7 Å². The summed E-state index contributed by atoms with van der Waals surface area (Å²) in [7, 11) is 4.94. The Bertz CT molecular complexity index is 659. The van der Waals surface area contributed by atoms with Gasteiger partial charge in [0.2, 0.25) is 0 Å². The molecule has 1 rings (SSSR count). The zero-order valence-electron chi connectivity index (χ0n) is 18.4. The normalized spacial score (nSPS) is 11.7. The highest BCUT2D eigenvalue weighted by Gasteiger charge is 2.14. The predicted molar refractivity (Wildman–Crippen MR) is 115 cm³/mol. The van der Waals surface area contributed by atoms with Crippen LogP contribution in [0.25, 0.3) is 6.08 Å². The van der Waals surface area contributed by atoms with E-state index in [0.717, 1.165) is 18.7 Å². The monoisotopic (exact) mass is 443 g/mol. The number of allylic oxidation sites excluding steroid dienone is 1. The number of aliphatic hydroxyl groups excluding tert-OH is 1. The van der Waals surface area contributed by atoms with E-state index in [1.54, 1.807) is 21.3 Å². The largest absolute Gasteiger partial charge is 0.493 e. The fourth-order valence-electron chi connectivity index (χ4n) is 2.37. The Morgan fingerprint density at radius 3 is 2.06 bits per heavy atom. The highest BCUT2D eigenvalue weighted by Crippen LogP contribution is 2.28. The number of aliphatic hydroxyl groups is 1. The number of ether oxygens (including phenoxy) is 4. The molecule has 31 heavy (non-hydrogen) atoms. The van der Waals surface area contributed by atoms with Crippen LogP contribution in [-0.2, 0) is 19.1 Å². The first-order valence-electron chi connectivity index (χ1n) is 9.57. The Morgan fingerprint density at radius 1 is 1.03 bits per heavy atom. The van der Waals surface area contributed by atoms with Crippen LogP contribution in [0.5, 0.6) is 11.5 Å². The average molecular weight is 443 g/mol. The van der Waals surface area contributed by atoms with Crippen molar-refractivity contribution >= 4 is 18.0 Å². The van der Waals surface area contributed by atoms with Crippen LogP contribution >= 0.6 is 0 Å². The van der Waals surface area contributed by atoms with Crippen LogP contribution in [0, 0.1) is 0 Å². The molecule has 176 valence electrons. The molecule has 0 spiro atoms. The number of carboxylic acid groups (broad SMARTS) is 2. The molecule has 0 saturated heterocycles. The van der Waals surface area contributed by atoms with Gasteiger partial charge in [0.15, 0.2) is 11.5 Å². The van der Waals surface area contributed by atoms with Gasteiger partial charge in [-0.15, -0.1) is 0 Å². The number of carbonyl (C=O) groups is 2. The number of rotatable bonds is 13. The van der Waals surface area contributed by atoms with E-state index in [1.807, 2.05) is 37.3 Å². The average Bonchev–Trinajstić information content (AvgIpc) is 2.75. The van der Waals surface area contributed by atoms with Gasteiger partial charge in [-0.05, 0) is 24.6 Å². The topological polar surface area (TPSA) is 135 Å². The maximum atomic E-state index is 10.3. The number of hydrogen-bond acceptors (Lipinski definition) is 8. The lowest BCUT2D eigenvalue weighted by atomic mass is 10.2. The van der Waals surface area contributed by atoms with Crippen molar-refractivity contribution in [1.82, 2.24) is 4.90 Å². The molecular weight excluding hydrogens is 410 g/mol. The maximum Gasteiger partial charge on any atom is 0.414 e. The molecule has 10 nitrogen and oxygen atoms in total. The summed E-state index contributed by atoms with van der Waals surface area (Å²) in [5.41, 5.74) is 1.04. The third-order valence-corrected chi connectivity index (χ3v) is 3.85. The molecule has 3 N–H and O–H groups in total. The lowest BCUT2D eigenvalue weighted by molar-refractivity contribution is -0.159. The Kier molecular flexibility index (Phi) is 15.6. The molecule has 1 aromatic carbocycles. The van der Waals surface area contributed by atoms with Crippen LogP contribution in [-0.4, -0.2) is 99.0 Å². The molecule has 0 bridgehead atoms. The van der Waals surface area contributed by atoms with Gasteiger partial charge < -0.3 is 34.3 Å². The number of nitrogens with zero attached hydrogens (tertiary/aromatic N) is 1. The second-order valence-electron chi connectivity index (χ2n) is 6.27. The molecule has 1 atom stereocenters. The van der Waals surface area contributed by atoms with Crippen molar-refractivity contribution < 1.29 is 43.9 Å². The van der Waals surface area contributed by atoms with Gasteiger partial charge in [0.05, 0.1) is 20.3 Å². The number of benzene rings is 1. The lowest BCUT2D eigenvalue weighted by Gasteiger charge is -2.24. The minimum Gasteiger partial charge on any atom is -0.493 e. The molecule has 0 amide bonds. The zero-order valence-corrected chi connectivity index (χ0v) is 18.4. The molecule has 10 heteroatoms. The summed E-state index contributed by atoms with van der Waals surface area (Å²) in [5, 5.41) is 25.1. The van der Waals surface area contributed by atoms with Crippen LogP contribution in [0.2, 0.25) is 0 Å². The van der Waals surface area contributed by atoms with Crippen molar-refractivity contribution in [3.63, 3.8) is 0 Å². The van der Waals surface area contributed by atoms with Crippen LogP contribution in [0.4, 0.5) is 0 Å². The maximum absolute atomic E-state index is 10.3. The van der Waals surface area contributed by atoms with E-state index in [9.17, 15) is 5.11 Å².